The number of rotatable bonds is 5. The van der Waals surface area contributed by atoms with E-state index in [4.69, 9.17) is 5.73 Å². The Morgan fingerprint density at radius 2 is 1.75 bits per heavy atom. The van der Waals surface area contributed by atoms with E-state index in [1.807, 2.05) is 30.3 Å². The molecule has 0 bridgehead atoms. The van der Waals surface area contributed by atoms with E-state index >= 15 is 0 Å². The highest BCUT2D eigenvalue weighted by atomic mass is 16.1. The van der Waals surface area contributed by atoms with Crippen LogP contribution in [-0.4, -0.2) is 11.9 Å². The first-order valence-corrected chi connectivity index (χ1v) is 5.62. The summed E-state index contributed by atoms with van der Waals surface area (Å²) in [4.78, 5) is 11.4. The van der Waals surface area contributed by atoms with Gasteiger partial charge in [0.05, 0.1) is 0 Å². The molecular formula is C13H20N2O. The van der Waals surface area contributed by atoms with E-state index in [2.05, 4.69) is 26.1 Å². The number of carbonyl (C=O) groups excluding carboxylic acids is 1. The third-order valence-corrected chi connectivity index (χ3v) is 2.85. The van der Waals surface area contributed by atoms with Crippen LogP contribution in [0.3, 0.4) is 0 Å². The number of hydrogen-bond donors (Lipinski definition) is 2. The Morgan fingerprint density at radius 3 is 2.19 bits per heavy atom. The molecule has 3 nitrogen and oxygen atoms in total. The molecule has 1 aromatic carbocycles. The summed E-state index contributed by atoms with van der Waals surface area (Å²) in [5, 5.41) is 3.26. The summed E-state index contributed by atoms with van der Waals surface area (Å²) in [6, 6.07) is 9.41. The molecule has 0 spiro atoms. The SMILES string of the molecule is CC(C)[C@@H](C)N[C@@H](C(N)=O)c1ccccc1. The Labute approximate surface area is 97.0 Å². The summed E-state index contributed by atoms with van der Waals surface area (Å²) in [6.07, 6.45) is 0. The number of hydrogen-bond acceptors (Lipinski definition) is 2. The van der Waals surface area contributed by atoms with Gasteiger partial charge in [-0.2, -0.15) is 0 Å². The second kappa shape index (κ2) is 5.66. The third kappa shape index (κ3) is 3.35. The molecule has 3 heteroatoms. The molecule has 2 atom stereocenters. The van der Waals surface area contributed by atoms with Gasteiger partial charge >= 0.3 is 0 Å². The zero-order chi connectivity index (χ0) is 12.1. The largest absolute Gasteiger partial charge is 0.368 e. The van der Waals surface area contributed by atoms with Crippen LogP contribution in [0.15, 0.2) is 30.3 Å². The van der Waals surface area contributed by atoms with Crippen molar-refractivity contribution in [1.29, 1.82) is 0 Å². The van der Waals surface area contributed by atoms with Crippen molar-refractivity contribution in [2.45, 2.75) is 32.9 Å². The van der Waals surface area contributed by atoms with Gasteiger partial charge in [-0.15, -0.1) is 0 Å². The van der Waals surface area contributed by atoms with Gasteiger partial charge in [0.25, 0.3) is 0 Å². The maximum atomic E-state index is 11.4. The van der Waals surface area contributed by atoms with E-state index in [0.717, 1.165) is 5.56 Å². The standard InChI is InChI=1S/C13H20N2O/c1-9(2)10(3)15-12(13(14)16)11-7-5-4-6-8-11/h4-10,12,15H,1-3H3,(H2,14,16)/t10-,12-/m1/s1. The lowest BCUT2D eigenvalue weighted by Gasteiger charge is -2.23. The number of nitrogens with one attached hydrogen (secondary N) is 1. The Kier molecular flexibility index (Phi) is 4.50. The first-order valence-electron chi connectivity index (χ1n) is 5.62. The lowest BCUT2D eigenvalue weighted by molar-refractivity contribution is -0.120. The Balaban J connectivity index is 2.81. The predicted octanol–water partition coefficient (Wildman–Crippen LogP) is 1.85. The summed E-state index contributed by atoms with van der Waals surface area (Å²) in [5.41, 5.74) is 6.33. The topological polar surface area (TPSA) is 55.1 Å². The van der Waals surface area contributed by atoms with E-state index < -0.39 is 6.04 Å². The number of carbonyl (C=O) groups is 1. The summed E-state index contributed by atoms with van der Waals surface area (Å²) in [5.74, 6) is 0.129. The van der Waals surface area contributed by atoms with Crippen molar-refractivity contribution < 1.29 is 4.79 Å². The molecule has 88 valence electrons. The third-order valence-electron chi connectivity index (χ3n) is 2.85. The predicted molar refractivity (Wildman–Crippen MR) is 65.8 cm³/mol. The van der Waals surface area contributed by atoms with Crippen LogP contribution in [-0.2, 0) is 4.79 Å². The zero-order valence-corrected chi connectivity index (χ0v) is 10.1. The Morgan fingerprint density at radius 1 is 1.19 bits per heavy atom. The number of benzene rings is 1. The first kappa shape index (κ1) is 12.7. The fourth-order valence-electron chi connectivity index (χ4n) is 1.44. The number of primary amides is 1. The van der Waals surface area contributed by atoms with Crippen molar-refractivity contribution in [2.75, 3.05) is 0 Å². The minimum atomic E-state index is -0.404. The zero-order valence-electron chi connectivity index (χ0n) is 10.1. The van der Waals surface area contributed by atoms with Crippen LogP contribution < -0.4 is 11.1 Å². The van der Waals surface area contributed by atoms with Crippen molar-refractivity contribution in [3.8, 4) is 0 Å². The van der Waals surface area contributed by atoms with Crippen molar-refractivity contribution in [2.24, 2.45) is 11.7 Å². The second-order valence-electron chi connectivity index (χ2n) is 4.45. The van der Waals surface area contributed by atoms with Crippen LogP contribution >= 0.6 is 0 Å². The van der Waals surface area contributed by atoms with Crippen LogP contribution in [0.25, 0.3) is 0 Å². The molecule has 0 heterocycles. The molecule has 0 radical (unpaired) electrons. The molecule has 0 aliphatic heterocycles. The fourth-order valence-corrected chi connectivity index (χ4v) is 1.44. The average molecular weight is 220 g/mol. The van der Waals surface area contributed by atoms with Crippen LogP contribution in [0.2, 0.25) is 0 Å². The van der Waals surface area contributed by atoms with E-state index in [0.29, 0.717) is 5.92 Å². The molecule has 16 heavy (non-hydrogen) atoms. The molecular weight excluding hydrogens is 200 g/mol. The average Bonchev–Trinajstić information content (AvgIpc) is 2.26. The van der Waals surface area contributed by atoms with E-state index in [1.165, 1.54) is 0 Å². The summed E-state index contributed by atoms with van der Waals surface area (Å²) in [7, 11) is 0. The van der Waals surface area contributed by atoms with Gasteiger partial charge in [0.2, 0.25) is 5.91 Å². The van der Waals surface area contributed by atoms with E-state index in [1.54, 1.807) is 0 Å². The Bertz CT molecular complexity index is 335. The van der Waals surface area contributed by atoms with Gasteiger partial charge in [-0.25, -0.2) is 0 Å². The Hall–Kier alpha value is -1.35. The van der Waals surface area contributed by atoms with Crippen molar-refractivity contribution >= 4 is 5.91 Å². The van der Waals surface area contributed by atoms with Crippen molar-refractivity contribution in [1.82, 2.24) is 5.32 Å². The van der Waals surface area contributed by atoms with Gasteiger partial charge < -0.3 is 5.73 Å². The van der Waals surface area contributed by atoms with Gasteiger partial charge in [-0.1, -0.05) is 44.2 Å². The monoisotopic (exact) mass is 220 g/mol. The molecule has 3 N–H and O–H groups in total. The maximum absolute atomic E-state index is 11.4. The molecule has 1 aromatic rings. The van der Waals surface area contributed by atoms with Crippen LogP contribution in [0.4, 0.5) is 0 Å². The molecule has 0 aliphatic rings. The quantitative estimate of drug-likeness (QED) is 0.795. The minimum Gasteiger partial charge on any atom is -0.368 e. The second-order valence-corrected chi connectivity index (χ2v) is 4.45. The summed E-state index contributed by atoms with van der Waals surface area (Å²) < 4.78 is 0. The van der Waals surface area contributed by atoms with Gasteiger partial charge in [-0.05, 0) is 18.4 Å². The molecule has 1 amide bonds. The van der Waals surface area contributed by atoms with E-state index in [9.17, 15) is 4.79 Å². The molecule has 1 rings (SSSR count). The highest BCUT2D eigenvalue weighted by Gasteiger charge is 2.20. The lowest BCUT2D eigenvalue weighted by Crippen LogP contribution is -2.40. The maximum Gasteiger partial charge on any atom is 0.239 e. The molecule has 0 fully saturated rings. The molecule has 0 aromatic heterocycles. The van der Waals surface area contributed by atoms with Crippen molar-refractivity contribution in [3.63, 3.8) is 0 Å². The van der Waals surface area contributed by atoms with Gasteiger partial charge in [0.1, 0.15) is 6.04 Å². The smallest absolute Gasteiger partial charge is 0.239 e. The van der Waals surface area contributed by atoms with Crippen LogP contribution in [0, 0.1) is 5.92 Å². The number of nitrogens with two attached hydrogens (primary N) is 1. The minimum absolute atomic E-state index is 0.248. The lowest BCUT2D eigenvalue weighted by atomic mass is 10.0. The normalized spacial score (nSPS) is 14.8. The van der Waals surface area contributed by atoms with Gasteiger partial charge in [-0.3, -0.25) is 10.1 Å². The molecule has 0 saturated carbocycles. The summed E-state index contributed by atoms with van der Waals surface area (Å²) >= 11 is 0. The highest BCUT2D eigenvalue weighted by Crippen LogP contribution is 2.14. The highest BCUT2D eigenvalue weighted by molar-refractivity contribution is 5.81. The van der Waals surface area contributed by atoms with E-state index in [-0.39, 0.29) is 11.9 Å². The summed E-state index contributed by atoms with van der Waals surface area (Å²) in [6.45, 7) is 6.28. The van der Waals surface area contributed by atoms with Crippen LogP contribution in [0.5, 0.6) is 0 Å². The molecule has 0 aliphatic carbocycles. The van der Waals surface area contributed by atoms with Crippen LogP contribution in [0.1, 0.15) is 32.4 Å². The molecule has 0 saturated heterocycles. The first-order chi connectivity index (χ1) is 7.52. The van der Waals surface area contributed by atoms with Gasteiger partial charge in [0.15, 0.2) is 0 Å². The fraction of sp³-hybridized carbons (Fsp3) is 0.462. The molecule has 0 unspecified atom stereocenters. The van der Waals surface area contributed by atoms with Gasteiger partial charge in [0, 0.05) is 6.04 Å². The number of amides is 1. The van der Waals surface area contributed by atoms with Crippen molar-refractivity contribution in [3.05, 3.63) is 35.9 Å².